The van der Waals surface area contributed by atoms with Gasteiger partial charge in [0, 0.05) is 77.7 Å². The normalized spacial score (nSPS) is 14.5. The van der Waals surface area contributed by atoms with Crippen molar-refractivity contribution in [3.8, 4) is 78.1 Å². The van der Waals surface area contributed by atoms with Crippen molar-refractivity contribution in [3.05, 3.63) is 360 Å². The summed E-state index contributed by atoms with van der Waals surface area (Å²) in [4.78, 5) is 15.3. The Hall–Kier alpha value is -11.7. The van der Waals surface area contributed by atoms with Crippen molar-refractivity contribution in [2.75, 3.05) is 9.80 Å². The molecule has 2 heterocycles. The average Bonchev–Trinajstić information content (AvgIpc) is 1.58. The molecule has 4 nitrogen and oxygen atoms in total. The summed E-state index contributed by atoms with van der Waals surface area (Å²) in [6, 6.07) is 115. The van der Waals surface area contributed by atoms with Gasteiger partial charge in [0.05, 0.1) is 22.4 Å². The number of para-hydroxylation sites is 2. The lowest BCUT2D eigenvalue weighted by Crippen LogP contribution is -2.16. The zero-order chi connectivity index (χ0) is 67.8. The predicted molar refractivity (Wildman–Crippen MR) is 419 cm³/mol. The van der Waals surface area contributed by atoms with Crippen LogP contribution in [0.5, 0.6) is 0 Å². The van der Waals surface area contributed by atoms with E-state index in [-0.39, 0.29) is 21.7 Å². The first kappa shape index (κ1) is 60.7. The molecule has 4 aliphatic rings. The average molecular weight is 1290 g/mol. The van der Waals surface area contributed by atoms with E-state index in [4.69, 9.17) is 9.97 Å². The van der Waals surface area contributed by atoms with Crippen LogP contribution >= 0.6 is 0 Å². The molecule has 0 fully saturated rings. The van der Waals surface area contributed by atoms with Crippen molar-refractivity contribution in [1.29, 1.82) is 0 Å². The van der Waals surface area contributed by atoms with E-state index in [1.54, 1.807) is 0 Å². The zero-order valence-corrected chi connectivity index (χ0v) is 57.8. The number of pyridine rings is 2. The molecule has 0 radical (unpaired) electrons. The van der Waals surface area contributed by atoms with E-state index in [0.29, 0.717) is 0 Å². The summed E-state index contributed by atoms with van der Waals surface area (Å²) in [5, 5.41) is 2.20. The molecule has 480 valence electrons. The number of aromatic nitrogens is 2. The number of anilines is 6. The van der Waals surface area contributed by atoms with Gasteiger partial charge in [0.1, 0.15) is 0 Å². The monoisotopic (exact) mass is 1280 g/mol. The SMILES string of the molecule is CC1(C)c2ccccc2-c2ccc(-c3ccc4ccc5ccc(-c6ccc7c(c6)C(C)(C)c6ccccc6-7)nc5c4n3)cc21.CC1(C)c2ccccc2-c2ccc(N(c3ccccc3)c3ccc(-c4ccc(N(c5ccccc5)c5ccc6c(c5)C(C)(C)c5ccccc5-6)cc4)cc3)cc21. The Balaban J connectivity index is 0.000000148. The number of fused-ring (bicyclic) bond motifs is 15. The minimum Gasteiger partial charge on any atom is -0.310 e. The van der Waals surface area contributed by atoms with Crippen molar-refractivity contribution in [2.45, 2.75) is 77.0 Å². The molecule has 0 unspecified atom stereocenters. The van der Waals surface area contributed by atoms with E-state index in [9.17, 15) is 0 Å². The maximum atomic E-state index is 5.28. The summed E-state index contributed by atoms with van der Waals surface area (Å²) in [5.74, 6) is 0. The maximum absolute atomic E-state index is 5.28. The number of rotatable bonds is 9. The molecule has 100 heavy (non-hydrogen) atoms. The molecule has 0 bridgehead atoms. The predicted octanol–water partition coefficient (Wildman–Crippen LogP) is 25.6. The second-order valence-corrected chi connectivity index (χ2v) is 29.7. The van der Waals surface area contributed by atoms with Crippen LogP contribution in [0.1, 0.15) is 99.9 Å². The number of hydrogen-bond donors (Lipinski definition) is 0. The fourth-order valence-electron chi connectivity index (χ4n) is 17.1. The smallest absolute Gasteiger partial charge is 0.0972 e. The van der Waals surface area contributed by atoms with Gasteiger partial charge in [-0.2, -0.15) is 0 Å². The molecule has 0 saturated heterocycles. The Kier molecular flexibility index (Phi) is 13.9. The van der Waals surface area contributed by atoms with Crippen LogP contribution in [0.3, 0.4) is 0 Å². The van der Waals surface area contributed by atoms with Gasteiger partial charge >= 0.3 is 0 Å². The van der Waals surface area contributed by atoms with Gasteiger partial charge in [-0.15, -0.1) is 0 Å². The second kappa shape index (κ2) is 22.9. The van der Waals surface area contributed by atoms with Crippen LogP contribution in [0.25, 0.3) is 100.0 Å². The van der Waals surface area contributed by atoms with Gasteiger partial charge in [0.2, 0.25) is 0 Å². The van der Waals surface area contributed by atoms with Gasteiger partial charge in [-0.3, -0.25) is 0 Å². The Morgan fingerprint density at radius 2 is 0.450 bits per heavy atom. The number of hydrogen-bond acceptors (Lipinski definition) is 4. The van der Waals surface area contributed by atoms with Gasteiger partial charge in [-0.25, -0.2) is 9.97 Å². The first-order chi connectivity index (χ1) is 48.6. The Labute approximate surface area is 587 Å². The van der Waals surface area contributed by atoms with Gasteiger partial charge in [0.15, 0.2) is 0 Å². The first-order valence-corrected chi connectivity index (χ1v) is 35.2. The highest BCUT2D eigenvalue weighted by Crippen LogP contribution is 2.55. The van der Waals surface area contributed by atoms with Gasteiger partial charge in [-0.05, 0) is 197 Å². The molecule has 13 aromatic carbocycles. The van der Waals surface area contributed by atoms with Crippen LogP contribution in [0.4, 0.5) is 34.1 Å². The lowest BCUT2D eigenvalue weighted by atomic mass is 9.82. The van der Waals surface area contributed by atoms with Gasteiger partial charge < -0.3 is 9.80 Å². The molecular weight excluding hydrogens is 1210 g/mol. The summed E-state index contributed by atoms with van der Waals surface area (Å²) in [5.41, 5.74) is 36.8. The minimum atomic E-state index is -0.0700. The molecule has 2 aromatic heterocycles. The van der Waals surface area contributed by atoms with E-state index >= 15 is 0 Å². The third kappa shape index (κ3) is 9.63. The third-order valence-corrected chi connectivity index (χ3v) is 22.5. The minimum absolute atomic E-state index is 0.0479. The standard InChI is InChI=1S/C54H44N2.C42H32N2/c1-53(2)49-21-13-11-19-45(49)47-33-31-43(35-51(47)53)55(39-15-7-5-8-16-39)41-27-23-37(24-28-41)38-25-29-42(30-26-38)56(40-17-9-6-10-18-40)44-32-34-48-46-20-12-14-22-50(46)54(3,4)52(48)36-44;1-41(2)33-11-7-5-9-29(33)31-19-15-27(23-35(31)41)37-21-17-25-13-14-26-18-22-38(44-40(26)39(25)43-37)28-16-20-32-30-10-6-8-12-34(30)42(3,4)36(32)24-28/h5-36H,1-4H3;5-24H,1-4H3. The summed E-state index contributed by atoms with van der Waals surface area (Å²) < 4.78 is 0. The molecular formula is C96H76N4. The molecule has 4 heteroatoms. The zero-order valence-electron chi connectivity index (χ0n) is 57.8. The lowest BCUT2D eigenvalue weighted by Gasteiger charge is -2.28. The molecule has 0 saturated carbocycles. The highest BCUT2D eigenvalue weighted by molar-refractivity contribution is 6.04. The Bertz CT molecular complexity index is 5420. The summed E-state index contributed by atoms with van der Waals surface area (Å²) in [6.45, 7) is 18.7. The summed E-state index contributed by atoms with van der Waals surface area (Å²) in [6.07, 6.45) is 0. The lowest BCUT2D eigenvalue weighted by molar-refractivity contribution is 0.660. The highest BCUT2D eigenvalue weighted by Gasteiger charge is 2.40. The second-order valence-electron chi connectivity index (χ2n) is 29.7. The molecule has 0 aliphatic heterocycles. The molecule has 4 aliphatic carbocycles. The van der Waals surface area contributed by atoms with E-state index in [1.807, 2.05) is 0 Å². The van der Waals surface area contributed by atoms with E-state index in [0.717, 1.165) is 78.4 Å². The molecule has 0 spiro atoms. The van der Waals surface area contributed by atoms with Crippen molar-refractivity contribution in [2.24, 2.45) is 0 Å². The highest BCUT2D eigenvalue weighted by atomic mass is 15.1. The quantitative estimate of drug-likeness (QED) is 0.135. The van der Waals surface area contributed by atoms with Crippen LogP contribution in [-0.2, 0) is 21.7 Å². The van der Waals surface area contributed by atoms with Crippen LogP contribution in [-0.4, -0.2) is 9.97 Å². The Morgan fingerprint density at radius 1 is 0.200 bits per heavy atom. The van der Waals surface area contributed by atoms with Crippen molar-refractivity contribution < 1.29 is 0 Å². The first-order valence-electron chi connectivity index (χ1n) is 35.2. The van der Waals surface area contributed by atoms with E-state index < -0.39 is 0 Å². The molecule has 15 aromatic rings. The van der Waals surface area contributed by atoms with Crippen molar-refractivity contribution >= 4 is 55.9 Å². The number of nitrogens with zero attached hydrogens (tertiary/aromatic N) is 4. The summed E-state index contributed by atoms with van der Waals surface area (Å²) in [7, 11) is 0. The Morgan fingerprint density at radius 3 is 0.790 bits per heavy atom. The molecule has 19 rings (SSSR count). The maximum Gasteiger partial charge on any atom is 0.0972 e. The topological polar surface area (TPSA) is 32.3 Å². The third-order valence-electron chi connectivity index (χ3n) is 22.5. The summed E-state index contributed by atoms with van der Waals surface area (Å²) >= 11 is 0. The van der Waals surface area contributed by atoms with Crippen LogP contribution < -0.4 is 9.80 Å². The molecule has 0 atom stereocenters. The largest absolute Gasteiger partial charge is 0.310 e. The van der Waals surface area contributed by atoms with Gasteiger partial charge in [0.25, 0.3) is 0 Å². The van der Waals surface area contributed by atoms with Crippen LogP contribution in [0, 0.1) is 0 Å². The molecule has 0 N–H and O–H groups in total. The van der Waals surface area contributed by atoms with E-state index in [2.05, 4.69) is 381 Å². The van der Waals surface area contributed by atoms with Crippen molar-refractivity contribution in [3.63, 3.8) is 0 Å². The van der Waals surface area contributed by atoms with Crippen LogP contribution in [0.2, 0.25) is 0 Å². The fourth-order valence-corrected chi connectivity index (χ4v) is 17.1. The fraction of sp³-hybridized carbons (Fsp3) is 0.125. The van der Waals surface area contributed by atoms with Crippen LogP contribution in [0.15, 0.2) is 315 Å². The molecule has 0 amide bonds. The van der Waals surface area contributed by atoms with E-state index in [1.165, 1.54) is 100 Å². The van der Waals surface area contributed by atoms with Crippen molar-refractivity contribution in [1.82, 2.24) is 9.97 Å². The number of benzene rings is 13. The van der Waals surface area contributed by atoms with Gasteiger partial charge in [-0.1, -0.05) is 274 Å².